The maximum atomic E-state index is 14.4. The highest BCUT2D eigenvalue weighted by molar-refractivity contribution is 6.05. The number of anilines is 3. The Morgan fingerprint density at radius 2 is 1.76 bits per heavy atom. The number of halogens is 1. The molecular formula is C43H53FN10O5. The van der Waals surface area contributed by atoms with Crippen molar-refractivity contribution in [3.8, 4) is 17.0 Å². The average Bonchev–Trinajstić information content (AvgIpc) is 3.55. The number of urea groups is 1. The van der Waals surface area contributed by atoms with Crippen LogP contribution in [0, 0.1) is 11.7 Å². The summed E-state index contributed by atoms with van der Waals surface area (Å²) in [6.45, 7) is 14.2. The van der Waals surface area contributed by atoms with E-state index in [1.54, 1.807) is 17.0 Å². The van der Waals surface area contributed by atoms with Crippen LogP contribution in [0.1, 0.15) is 68.8 Å². The Morgan fingerprint density at radius 3 is 2.53 bits per heavy atom. The Kier molecular flexibility index (Phi) is 9.87. The zero-order chi connectivity index (χ0) is 41.2. The number of phenolic OH excluding ortho intramolecular Hbond substituents is 1. The molecule has 3 aromatic rings. The molecule has 0 bridgehead atoms. The Morgan fingerprint density at radius 1 is 0.949 bits per heavy atom. The summed E-state index contributed by atoms with van der Waals surface area (Å²) in [5, 5.41) is 24.9. The van der Waals surface area contributed by atoms with Crippen molar-refractivity contribution in [2.45, 2.75) is 76.5 Å². The molecule has 6 aliphatic rings. The van der Waals surface area contributed by atoms with Crippen LogP contribution in [0.3, 0.4) is 0 Å². The highest BCUT2D eigenvalue weighted by Crippen LogP contribution is 2.42. The first-order chi connectivity index (χ1) is 28.3. The van der Waals surface area contributed by atoms with Gasteiger partial charge in [0.25, 0.3) is 5.91 Å². The molecule has 3 N–H and O–H groups in total. The van der Waals surface area contributed by atoms with E-state index in [-0.39, 0.29) is 40.9 Å². The molecule has 0 radical (unpaired) electrons. The summed E-state index contributed by atoms with van der Waals surface area (Å²) in [6, 6.07) is 11.7. The monoisotopic (exact) mass is 808 g/mol. The molecule has 59 heavy (non-hydrogen) atoms. The molecule has 6 aliphatic heterocycles. The lowest BCUT2D eigenvalue weighted by atomic mass is 9.87. The molecule has 0 saturated carbocycles. The van der Waals surface area contributed by atoms with Gasteiger partial charge in [0.05, 0.1) is 22.5 Å². The third-order valence-electron chi connectivity index (χ3n) is 13.7. The van der Waals surface area contributed by atoms with Crippen LogP contribution in [0.5, 0.6) is 5.75 Å². The third kappa shape index (κ3) is 6.98. The van der Waals surface area contributed by atoms with Gasteiger partial charge in [0, 0.05) is 95.2 Å². The number of rotatable bonds is 6. The number of aromatic hydroxyl groups is 1. The number of para-hydroxylation sites is 1. The molecule has 312 valence electrons. The fourth-order valence-corrected chi connectivity index (χ4v) is 10.3. The van der Waals surface area contributed by atoms with Gasteiger partial charge in [-0.15, -0.1) is 10.2 Å². The molecule has 4 saturated heterocycles. The van der Waals surface area contributed by atoms with E-state index in [9.17, 15) is 28.7 Å². The molecule has 4 fully saturated rings. The number of imide groups is 1. The fraction of sp³-hybridized carbons (Fsp3) is 0.535. The molecule has 0 spiro atoms. The van der Waals surface area contributed by atoms with Crippen LogP contribution in [0.25, 0.3) is 11.3 Å². The number of piperazine rings is 2. The van der Waals surface area contributed by atoms with Crippen molar-refractivity contribution in [1.82, 2.24) is 35.1 Å². The number of hydrogen-bond acceptors (Lipinski definition) is 11. The number of fused-ring (bicyclic) bond motifs is 4. The summed E-state index contributed by atoms with van der Waals surface area (Å²) < 4.78 is 14.2. The Bertz CT molecular complexity index is 2200. The summed E-state index contributed by atoms with van der Waals surface area (Å²) >= 11 is 0. The lowest BCUT2D eigenvalue weighted by molar-refractivity contribution is -0.136. The Labute approximate surface area is 343 Å². The van der Waals surface area contributed by atoms with Crippen molar-refractivity contribution in [1.29, 1.82) is 0 Å². The van der Waals surface area contributed by atoms with Crippen LogP contribution in [0.2, 0.25) is 0 Å². The lowest BCUT2D eigenvalue weighted by Crippen LogP contribution is -2.71. The average molecular weight is 809 g/mol. The second-order valence-corrected chi connectivity index (χ2v) is 17.8. The standard InChI is InChI=1S/C43H53FN10O5/c1-4-43-24-45-38-35(21-33(47-48-38)30-6-5-7-32(44)37(30)56)53(43)19-17-51(26-43)41(59)54-18-16-49(25-42(54,2)3)22-27-12-14-50(15-13-27)29-9-8-28-23-52(40(58)31(28)20-29)34-10-11-36(55)46-39(34)57/h5-9,20-21,27,34,56H,4,10-19,22-26H2,1-3H3,(H,45,48)(H,46,55,57)/t34-,43+/m1/s1. The van der Waals surface area contributed by atoms with Gasteiger partial charge in [0.2, 0.25) is 11.8 Å². The maximum Gasteiger partial charge on any atom is 0.320 e. The Balaban J connectivity index is 0.792. The van der Waals surface area contributed by atoms with Crippen molar-refractivity contribution in [2.24, 2.45) is 5.92 Å². The topological polar surface area (TPSA) is 158 Å². The van der Waals surface area contributed by atoms with Crippen LogP contribution >= 0.6 is 0 Å². The highest BCUT2D eigenvalue weighted by atomic mass is 19.1. The molecule has 9 rings (SSSR count). The van der Waals surface area contributed by atoms with Gasteiger partial charge in [-0.25, -0.2) is 9.18 Å². The first-order valence-corrected chi connectivity index (χ1v) is 21.0. The van der Waals surface area contributed by atoms with Crippen LogP contribution in [-0.2, 0) is 16.1 Å². The van der Waals surface area contributed by atoms with Crippen molar-refractivity contribution in [3.63, 3.8) is 0 Å². The third-order valence-corrected chi connectivity index (χ3v) is 13.7. The highest BCUT2D eigenvalue weighted by Gasteiger charge is 2.48. The molecule has 0 aliphatic carbocycles. The number of nitrogens with zero attached hydrogens (tertiary/aromatic N) is 8. The largest absolute Gasteiger partial charge is 0.504 e. The smallest absolute Gasteiger partial charge is 0.320 e. The number of piperidine rings is 2. The van der Waals surface area contributed by atoms with Crippen molar-refractivity contribution in [2.75, 3.05) is 80.6 Å². The van der Waals surface area contributed by atoms with Crippen LogP contribution in [0.15, 0.2) is 42.5 Å². The number of amides is 5. The minimum atomic E-state index is -0.712. The van der Waals surface area contributed by atoms with E-state index in [1.165, 1.54) is 6.07 Å². The normalized spacial score (nSPS) is 24.7. The number of phenols is 1. The predicted octanol–water partition coefficient (Wildman–Crippen LogP) is 3.88. The summed E-state index contributed by atoms with van der Waals surface area (Å²) in [7, 11) is 0. The first kappa shape index (κ1) is 39.0. The second kappa shape index (κ2) is 14.9. The zero-order valence-electron chi connectivity index (χ0n) is 34.0. The van der Waals surface area contributed by atoms with Crippen LogP contribution in [0.4, 0.5) is 26.4 Å². The van der Waals surface area contributed by atoms with Crippen molar-refractivity contribution in [3.05, 3.63) is 59.4 Å². The first-order valence-electron chi connectivity index (χ1n) is 21.0. The summed E-state index contributed by atoms with van der Waals surface area (Å²) in [5.41, 5.74) is 3.34. The molecule has 2 atom stereocenters. The zero-order valence-corrected chi connectivity index (χ0v) is 34.0. The molecular weight excluding hydrogens is 756 g/mol. The van der Waals surface area contributed by atoms with Crippen LogP contribution < -0.4 is 20.4 Å². The Hall–Kier alpha value is -5.51. The van der Waals surface area contributed by atoms with E-state index in [2.05, 4.69) is 67.3 Å². The number of hydrogen-bond donors (Lipinski definition) is 3. The van der Waals surface area contributed by atoms with E-state index < -0.39 is 23.5 Å². The van der Waals surface area contributed by atoms with Gasteiger partial charge in [0.1, 0.15) is 6.04 Å². The van der Waals surface area contributed by atoms with Crippen molar-refractivity contribution >= 4 is 40.9 Å². The SMILES string of the molecule is CC[C@@]12CNc3nnc(-c4cccc(F)c4O)cc3N1CCN(C(=O)N1CCN(CC3CCN(c4ccc5c(c4)C(=O)N([C@@H]4CCC(=O)NC4=O)C5)CC3)CC1(C)C)C2. The number of carbonyl (C=O) groups excluding carboxylic acids is 4. The van der Waals surface area contributed by atoms with Gasteiger partial charge >= 0.3 is 6.03 Å². The van der Waals surface area contributed by atoms with E-state index in [0.29, 0.717) is 68.7 Å². The van der Waals surface area contributed by atoms with Gasteiger partial charge in [-0.3, -0.25) is 24.6 Å². The van der Waals surface area contributed by atoms with Gasteiger partial charge < -0.3 is 34.9 Å². The number of nitrogens with one attached hydrogen (secondary N) is 2. The second-order valence-electron chi connectivity index (χ2n) is 17.8. The molecule has 16 heteroatoms. The fourth-order valence-electron chi connectivity index (χ4n) is 10.3. The predicted molar refractivity (Wildman–Crippen MR) is 220 cm³/mol. The lowest BCUT2D eigenvalue weighted by Gasteiger charge is -2.56. The van der Waals surface area contributed by atoms with E-state index in [4.69, 9.17) is 0 Å². The maximum absolute atomic E-state index is 14.4. The molecule has 15 nitrogen and oxygen atoms in total. The summed E-state index contributed by atoms with van der Waals surface area (Å²) in [5.74, 6) is -0.835. The van der Waals surface area contributed by atoms with Gasteiger partial charge in [-0.1, -0.05) is 19.1 Å². The van der Waals surface area contributed by atoms with E-state index >= 15 is 0 Å². The van der Waals surface area contributed by atoms with Gasteiger partial charge in [-0.05, 0) is 81.3 Å². The minimum Gasteiger partial charge on any atom is -0.504 e. The van der Waals surface area contributed by atoms with E-state index in [0.717, 1.165) is 68.9 Å². The molecule has 2 aromatic carbocycles. The van der Waals surface area contributed by atoms with E-state index in [1.807, 2.05) is 23.1 Å². The number of benzene rings is 2. The van der Waals surface area contributed by atoms with Gasteiger partial charge in [-0.2, -0.15) is 0 Å². The molecule has 0 unspecified atom stereocenters. The number of aromatic nitrogens is 2. The summed E-state index contributed by atoms with van der Waals surface area (Å²) in [4.78, 5) is 64.8. The summed E-state index contributed by atoms with van der Waals surface area (Å²) in [6.07, 6.45) is 3.44. The quantitative estimate of drug-likeness (QED) is 0.311. The van der Waals surface area contributed by atoms with Crippen LogP contribution in [-0.4, -0.2) is 141 Å². The number of carbonyl (C=O) groups is 4. The molecule has 1 aromatic heterocycles. The molecule has 5 amide bonds. The van der Waals surface area contributed by atoms with Crippen molar-refractivity contribution < 1.29 is 28.7 Å². The molecule has 7 heterocycles. The van der Waals surface area contributed by atoms with Gasteiger partial charge in [0.15, 0.2) is 17.4 Å². The minimum absolute atomic E-state index is 0.0625.